The van der Waals surface area contributed by atoms with Gasteiger partial charge in [-0.15, -0.1) is 0 Å². The average molecular weight is 206 g/mol. The summed E-state index contributed by atoms with van der Waals surface area (Å²) in [5.41, 5.74) is 3.42. The highest BCUT2D eigenvalue weighted by Gasteiger charge is 2.06. The number of aliphatic hydroxyl groups is 1. The molecule has 0 heterocycles. The van der Waals surface area contributed by atoms with Crippen molar-refractivity contribution in [2.24, 2.45) is 5.84 Å². The number of hydrogen-bond donors (Lipinski definition) is 3. The number of carbonyl (C=O) groups is 1. The number of nitrogens with two attached hydrogens (primary N) is 1. The van der Waals surface area contributed by atoms with Gasteiger partial charge in [0.2, 0.25) is 0 Å². The van der Waals surface area contributed by atoms with Gasteiger partial charge in [-0.25, -0.2) is 5.84 Å². The molecule has 4 N–H and O–H groups in total. The van der Waals surface area contributed by atoms with Gasteiger partial charge in [-0.05, 0) is 11.6 Å². The molecule has 0 atom stereocenters. The van der Waals surface area contributed by atoms with E-state index in [1.165, 1.54) is 0 Å². The Morgan fingerprint density at radius 2 is 2.07 bits per heavy atom. The van der Waals surface area contributed by atoms with E-state index in [4.69, 9.17) is 10.9 Å². The molecule has 0 aliphatic carbocycles. The topological polar surface area (TPSA) is 75.3 Å². The molecule has 0 fully saturated rings. The van der Waals surface area contributed by atoms with Crippen molar-refractivity contribution in [2.75, 3.05) is 6.61 Å². The Hall–Kier alpha value is -1.65. The summed E-state index contributed by atoms with van der Waals surface area (Å²) in [5, 5.41) is 8.80. The lowest BCUT2D eigenvalue weighted by Gasteiger charge is -2.03. The van der Waals surface area contributed by atoms with E-state index in [1.807, 2.05) is 30.3 Å². The van der Waals surface area contributed by atoms with Crippen LogP contribution in [-0.2, 0) is 4.79 Å². The molecular weight excluding hydrogens is 192 g/mol. The lowest BCUT2D eigenvalue weighted by molar-refractivity contribution is -0.117. The van der Waals surface area contributed by atoms with Gasteiger partial charge in [0.1, 0.15) is 0 Å². The van der Waals surface area contributed by atoms with Gasteiger partial charge in [-0.2, -0.15) is 0 Å². The van der Waals surface area contributed by atoms with Crippen LogP contribution >= 0.6 is 0 Å². The quantitative estimate of drug-likeness (QED) is 0.289. The van der Waals surface area contributed by atoms with Crippen LogP contribution in [0.15, 0.2) is 35.9 Å². The first-order valence-electron chi connectivity index (χ1n) is 4.65. The zero-order chi connectivity index (χ0) is 11.1. The molecule has 0 saturated carbocycles. The van der Waals surface area contributed by atoms with Gasteiger partial charge in [0.15, 0.2) is 0 Å². The van der Waals surface area contributed by atoms with Gasteiger partial charge in [0.25, 0.3) is 5.91 Å². The fraction of sp³-hybridized carbons (Fsp3) is 0.182. The molecule has 1 aromatic carbocycles. The van der Waals surface area contributed by atoms with Crippen molar-refractivity contribution in [3.8, 4) is 0 Å². The molecule has 15 heavy (non-hydrogen) atoms. The molecule has 0 bridgehead atoms. The molecular formula is C11H14N2O2. The molecule has 1 aromatic rings. The maximum Gasteiger partial charge on any atom is 0.261 e. The summed E-state index contributed by atoms with van der Waals surface area (Å²) in [4.78, 5) is 11.3. The van der Waals surface area contributed by atoms with Crippen LogP contribution in [-0.4, -0.2) is 17.6 Å². The number of carbonyl (C=O) groups excluding carboxylic acids is 1. The smallest absolute Gasteiger partial charge is 0.261 e. The third-order valence-corrected chi connectivity index (χ3v) is 1.94. The number of hydrazine groups is 1. The van der Waals surface area contributed by atoms with Gasteiger partial charge < -0.3 is 5.11 Å². The number of benzene rings is 1. The van der Waals surface area contributed by atoms with Crippen LogP contribution in [0.2, 0.25) is 0 Å². The van der Waals surface area contributed by atoms with Gasteiger partial charge >= 0.3 is 0 Å². The molecule has 0 radical (unpaired) electrons. The van der Waals surface area contributed by atoms with Crippen LogP contribution in [0.1, 0.15) is 12.0 Å². The van der Waals surface area contributed by atoms with Crippen LogP contribution in [0.5, 0.6) is 0 Å². The van der Waals surface area contributed by atoms with Crippen LogP contribution in [0.4, 0.5) is 0 Å². The molecule has 0 saturated heterocycles. The molecule has 0 aliphatic heterocycles. The number of hydrogen-bond acceptors (Lipinski definition) is 3. The van der Waals surface area contributed by atoms with Crippen molar-refractivity contribution >= 4 is 12.0 Å². The summed E-state index contributed by atoms with van der Waals surface area (Å²) in [7, 11) is 0. The summed E-state index contributed by atoms with van der Waals surface area (Å²) in [6.07, 6.45) is 2.00. The minimum absolute atomic E-state index is 0.0773. The third kappa shape index (κ3) is 3.53. The van der Waals surface area contributed by atoms with Gasteiger partial charge in [-0.1, -0.05) is 30.3 Å². The van der Waals surface area contributed by atoms with Gasteiger partial charge in [-0.3, -0.25) is 10.2 Å². The standard InChI is InChI=1S/C11H14N2O2/c12-13-11(15)10(6-7-14)8-9-4-2-1-3-5-9/h1-5,8,14H,6-7,12H2,(H,13,15)/b10-8-. The highest BCUT2D eigenvalue weighted by atomic mass is 16.3. The number of aliphatic hydroxyl groups excluding tert-OH is 1. The van der Waals surface area contributed by atoms with Crippen molar-refractivity contribution in [2.45, 2.75) is 6.42 Å². The zero-order valence-electron chi connectivity index (χ0n) is 8.31. The van der Waals surface area contributed by atoms with Crippen LogP contribution in [0, 0.1) is 0 Å². The summed E-state index contributed by atoms with van der Waals surface area (Å²) in [6, 6.07) is 9.40. The average Bonchev–Trinajstić information content (AvgIpc) is 2.29. The Balaban J connectivity index is 2.88. The molecule has 0 aliphatic rings. The molecule has 1 amide bonds. The Labute approximate surface area is 88.4 Å². The number of amides is 1. The molecule has 0 aromatic heterocycles. The Morgan fingerprint density at radius 1 is 1.40 bits per heavy atom. The number of rotatable bonds is 4. The van der Waals surface area contributed by atoms with Crippen molar-refractivity contribution in [1.29, 1.82) is 0 Å². The van der Waals surface area contributed by atoms with E-state index in [9.17, 15) is 4.79 Å². The van der Waals surface area contributed by atoms with E-state index in [1.54, 1.807) is 6.08 Å². The zero-order valence-corrected chi connectivity index (χ0v) is 8.31. The monoisotopic (exact) mass is 206 g/mol. The van der Waals surface area contributed by atoms with E-state index in [0.717, 1.165) is 5.56 Å². The van der Waals surface area contributed by atoms with Gasteiger partial charge in [0, 0.05) is 18.6 Å². The fourth-order valence-electron chi connectivity index (χ4n) is 1.21. The first kappa shape index (κ1) is 11.4. The van der Waals surface area contributed by atoms with Crippen molar-refractivity contribution in [3.05, 3.63) is 41.5 Å². The largest absolute Gasteiger partial charge is 0.396 e. The minimum Gasteiger partial charge on any atom is -0.396 e. The molecule has 0 unspecified atom stereocenters. The van der Waals surface area contributed by atoms with E-state index < -0.39 is 0 Å². The Kier molecular flexibility index (Phi) is 4.53. The molecule has 80 valence electrons. The van der Waals surface area contributed by atoms with Crippen molar-refractivity contribution < 1.29 is 9.90 Å². The lowest BCUT2D eigenvalue weighted by Crippen LogP contribution is -2.31. The summed E-state index contributed by atoms with van der Waals surface area (Å²) < 4.78 is 0. The Bertz CT molecular complexity index is 347. The third-order valence-electron chi connectivity index (χ3n) is 1.94. The molecule has 4 heteroatoms. The SMILES string of the molecule is NNC(=O)/C(=C\c1ccccc1)CCO. The van der Waals surface area contributed by atoms with E-state index in [0.29, 0.717) is 5.57 Å². The predicted molar refractivity (Wildman–Crippen MR) is 58.5 cm³/mol. The van der Waals surface area contributed by atoms with Crippen LogP contribution in [0.3, 0.4) is 0 Å². The van der Waals surface area contributed by atoms with Gasteiger partial charge in [0.05, 0.1) is 0 Å². The highest BCUT2D eigenvalue weighted by Crippen LogP contribution is 2.09. The normalized spacial score (nSPS) is 11.2. The first-order valence-corrected chi connectivity index (χ1v) is 4.65. The molecule has 0 spiro atoms. The second kappa shape index (κ2) is 5.95. The van der Waals surface area contributed by atoms with E-state index in [2.05, 4.69) is 5.43 Å². The highest BCUT2D eigenvalue weighted by molar-refractivity contribution is 5.97. The second-order valence-electron chi connectivity index (χ2n) is 3.03. The summed E-state index contributed by atoms with van der Waals surface area (Å²) in [5.74, 6) is 4.67. The maximum atomic E-state index is 11.3. The molecule has 4 nitrogen and oxygen atoms in total. The minimum atomic E-state index is -0.368. The first-order chi connectivity index (χ1) is 7.27. The van der Waals surface area contributed by atoms with E-state index >= 15 is 0 Å². The summed E-state index contributed by atoms with van der Waals surface area (Å²) in [6.45, 7) is -0.0773. The maximum absolute atomic E-state index is 11.3. The fourth-order valence-corrected chi connectivity index (χ4v) is 1.21. The van der Waals surface area contributed by atoms with Crippen molar-refractivity contribution in [3.63, 3.8) is 0 Å². The predicted octanol–water partition coefficient (Wildman–Crippen LogP) is 0.442. The number of nitrogens with one attached hydrogen (secondary N) is 1. The molecule has 1 rings (SSSR count). The van der Waals surface area contributed by atoms with Crippen LogP contribution in [0.25, 0.3) is 6.08 Å². The second-order valence-corrected chi connectivity index (χ2v) is 3.03. The van der Waals surface area contributed by atoms with Crippen LogP contribution < -0.4 is 11.3 Å². The Morgan fingerprint density at radius 3 is 2.60 bits per heavy atom. The lowest BCUT2D eigenvalue weighted by atomic mass is 10.1. The summed E-state index contributed by atoms with van der Waals surface area (Å²) >= 11 is 0. The van der Waals surface area contributed by atoms with E-state index in [-0.39, 0.29) is 18.9 Å². The van der Waals surface area contributed by atoms with Crippen molar-refractivity contribution in [1.82, 2.24) is 5.43 Å².